The van der Waals surface area contributed by atoms with Gasteiger partial charge in [0.2, 0.25) is 11.8 Å². The van der Waals surface area contributed by atoms with Crippen LogP contribution >= 0.6 is 11.6 Å². The average molecular weight is 415 g/mol. The van der Waals surface area contributed by atoms with Crippen molar-refractivity contribution < 1.29 is 9.59 Å². The lowest BCUT2D eigenvalue weighted by Crippen LogP contribution is -2.50. The van der Waals surface area contributed by atoms with E-state index in [4.69, 9.17) is 11.6 Å². The number of nitrogens with one attached hydrogen (secondary N) is 1. The van der Waals surface area contributed by atoms with Gasteiger partial charge >= 0.3 is 0 Å². The molecule has 0 aromatic heterocycles. The molecule has 0 aliphatic carbocycles. The molecule has 29 heavy (non-hydrogen) atoms. The van der Waals surface area contributed by atoms with Crippen LogP contribution in [0.3, 0.4) is 0 Å². The Bertz CT molecular complexity index is 818. The quantitative estimate of drug-likeness (QED) is 0.642. The van der Waals surface area contributed by atoms with Crippen LogP contribution in [-0.2, 0) is 22.6 Å². The van der Waals surface area contributed by atoms with Crippen LogP contribution in [0.5, 0.6) is 0 Å². The Kier molecular flexibility index (Phi) is 8.71. The van der Waals surface area contributed by atoms with Gasteiger partial charge in [0.1, 0.15) is 6.04 Å². The number of carbonyl (C=O) groups excluding carboxylic acids is 2. The van der Waals surface area contributed by atoms with Crippen molar-refractivity contribution >= 4 is 23.4 Å². The van der Waals surface area contributed by atoms with Crippen LogP contribution in [0.4, 0.5) is 0 Å². The summed E-state index contributed by atoms with van der Waals surface area (Å²) in [4.78, 5) is 27.8. The zero-order chi connectivity index (χ0) is 21.4. The molecule has 5 heteroatoms. The van der Waals surface area contributed by atoms with Crippen LogP contribution in [0, 0.1) is 12.8 Å². The minimum Gasteiger partial charge on any atom is -0.354 e. The average Bonchev–Trinajstić information content (AvgIpc) is 2.69. The number of hydrogen-bond acceptors (Lipinski definition) is 2. The van der Waals surface area contributed by atoms with Gasteiger partial charge in [0.25, 0.3) is 0 Å². The molecule has 1 unspecified atom stereocenters. The third kappa shape index (κ3) is 6.90. The number of carbonyl (C=O) groups is 2. The van der Waals surface area contributed by atoms with E-state index < -0.39 is 6.04 Å². The summed E-state index contributed by atoms with van der Waals surface area (Å²) >= 11 is 6.26. The van der Waals surface area contributed by atoms with Gasteiger partial charge in [0, 0.05) is 18.1 Å². The molecule has 156 valence electrons. The van der Waals surface area contributed by atoms with Crippen molar-refractivity contribution in [2.24, 2.45) is 5.92 Å². The molecule has 0 saturated heterocycles. The number of benzene rings is 2. The molecule has 4 nitrogen and oxygen atoms in total. The third-order valence-electron chi connectivity index (χ3n) is 4.84. The summed E-state index contributed by atoms with van der Waals surface area (Å²) in [6, 6.07) is 14.9. The minimum atomic E-state index is -0.523. The molecule has 0 bridgehead atoms. The molecule has 2 amide bonds. The van der Waals surface area contributed by atoms with Crippen LogP contribution < -0.4 is 5.32 Å². The SMILES string of the molecule is CCC(C(=O)NCC(C)C)N(Cc1ccc(C)cc1)C(=O)Cc1ccccc1Cl. The second kappa shape index (κ2) is 11.0. The van der Waals surface area contributed by atoms with E-state index in [1.165, 1.54) is 0 Å². The molecule has 1 N–H and O–H groups in total. The fourth-order valence-electron chi connectivity index (χ4n) is 3.14. The monoisotopic (exact) mass is 414 g/mol. The van der Waals surface area contributed by atoms with Gasteiger partial charge in [-0.2, -0.15) is 0 Å². The first-order valence-corrected chi connectivity index (χ1v) is 10.6. The lowest BCUT2D eigenvalue weighted by molar-refractivity contribution is -0.141. The van der Waals surface area contributed by atoms with E-state index in [1.807, 2.05) is 70.2 Å². The van der Waals surface area contributed by atoms with E-state index in [0.29, 0.717) is 30.5 Å². The number of rotatable bonds is 9. The summed E-state index contributed by atoms with van der Waals surface area (Å²) in [5.41, 5.74) is 2.92. The second-order valence-electron chi connectivity index (χ2n) is 7.84. The number of aryl methyl sites for hydroxylation is 1. The Morgan fingerprint density at radius 1 is 1.07 bits per heavy atom. The molecule has 0 aliphatic rings. The van der Waals surface area contributed by atoms with Crippen molar-refractivity contribution in [3.63, 3.8) is 0 Å². The first-order valence-electron chi connectivity index (χ1n) is 10.2. The molecule has 0 radical (unpaired) electrons. The molecule has 1 atom stereocenters. The lowest BCUT2D eigenvalue weighted by atomic mass is 10.1. The van der Waals surface area contributed by atoms with Crippen molar-refractivity contribution in [3.05, 3.63) is 70.2 Å². The Balaban J connectivity index is 2.27. The first kappa shape index (κ1) is 23.0. The molecule has 0 heterocycles. The van der Waals surface area contributed by atoms with Gasteiger partial charge < -0.3 is 10.2 Å². The molecular formula is C24H31ClN2O2. The Morgan fingerprint density at radius 3 is 2.31 bits per heavy atom. The second-order valence-corrected chi connectivity index (χ2v) is 8.25. The fraction of sp³-hybridized carbons (Fsp3) is 0.417. The highest BCUT2D eigenvalue weighted by Crippen LogP contribution is 2.19. The van der Waals surface area contributed by atoms with Gasteiger partial charge in [-0.1, -0.05) is 80.4 Å². The van der Waals surface area contributed by atoms with Gasteiger partial charge in [0.15, 0.2) is 0 Å². The third-order valence-corrected chi connectivity index (χ3v) is 5.21. The van der Waals surface area contributed by atoms with E-state index in [1.54, 1.807) is 11.0 Å². The van der Waals surface area contributed by atoms with Gasteiger partial charge in [-0.3, -0.25) is 9.59 Å². The van der Waals surface area contributed by atoms with E-state index in [0.717, 1.165) is 16.7 Å². The zero-order valence-corrected chi connectivity index (χ0v) is 18.5. The number of hydrogen-bond donors (Lipinski definition) is 1. The summed E-state index contributed by atoms with van der Waals surface area (Å²) in [5, 5.41) is 3.54. The normalized spacial score (nSPS) is 11.9. The van der Waals surface area contributed by atoms with E-state index in [9.17, 15) is 9.59 Å². The van der Waals surface area contributed by atoms with Crippen LogP contribution in [0.2, 0.25) is 5.02 Å². The minimum absolute atomic E-state index is 0.106. The van der Waals surface area contributed by atoms with Gasteiger partial charge in [-0.05, 0) is 36.5 Å². The fourth-order valence-corrected chi connectivity index (χ4v) is 3.34. The summed E-state index contributed by atoms with van der Waals surface area (Å²) in [7, 11) is 0. The Labute approximate surface area is 179 Å². The Morgan fingerprint density at radius 2 is 1.72 bits per heavy atom. The van der Waals surface area contributed by atoms with Crippen molar-refractivity contribution in [1.29, 1.82) is 0 Å². The van der Waals surface area contributed by atoms with Crippen molar-refractivity contribution in [3.8, 4) is 0 Å². The first-order chi connectivity index (χ1) is 13.8. The topological polar surface area (TPSA) is 49.4 Å². The molecule has 0 saturated carbocycles. The van der Waals surface area contributed by atoms with Crippen LogP contribution in [0.25, 0.3) is 0 Å². The number of nitrogens with zero attached hydrogens (tertiary/aromatic N) is 1. The van der Waals surface area contributed by atoms with Crippen LogP contribution in [-0.4, -0.2) is 29.3 Å². The number of amides is 2. The van der Waals surface area contributed by atoms with Crippen molar-refractivity contribution in [1.82, 2.24) is 10.2 Å². The maximum absolute atomic E-state index is 13.3. The molecule has 0 spiro atoms. The Hall–Kier alpha value is -2.33. The van der Waals surface area contributed by atoms with E-state index in [-0.39, 0.29) is 18.2 Å². The molecule has 2 rings (SSSR count). The molecule has 0 fully saturated rings. The maximum atomic E-state index is 13.3. The molecule has 0 aliphatic heterocycles. The molecule has 2 aromatic rings. The highest BCUT2D eigenvalue weighted by Gasteiger charge is 2.28. The largest absolute Gasteiger partial charge is 0.354 e. The zero-order valence-electron chi connectivity index (χ0n) is 17.7. The predicted octanol–water partition coefficient (Wildman–Crippen LogP) is 4.77. The smallest absolute Gasteiger partial charge is 0.242 e. The summed E-state index contributed by atoms with van der Waals surface area (Å²) in [6.45, 7) is 9.04. The highest BCUT2D eigenvalue weighted by molar-refractivity contribution is 6.31. The van der Waals surface area contributed by atoms with Gasteiger partial charge in [0.05, 0.1) is 6.42 Å². The summed E-state index contributed by atoms with van der Waals surface area (Å²) in [6.07, 6.45) is 0.712. The predicted molar refractivity (Wildman–Crippen MR) is 119 cm³/mol. The molecule has 2 aromatic carbocycles. The maximum Gasteiger partial charge on any atom is 0.242 e. The van der Waals surface area contributed by atoms with Gasteiger partial charge in [-0.25, -0.2) is 0 Å². The van der Waals surface area contributed by atoms with E-state index in [2.05, 4.69) is 5.32 Å². The van der Waals surface area contributed by atoms with Crippen molar-refractivity contribution in [2.45, 2.75) is 53.1 Å². The highest BCUT2D eigenvalue weighted by atomic mass is 35.5. The summed E-state index contributed by atoms with van der Waals surface area (Å²) in [5.74, 6) is 0.131. The van der Waals surface area contributed by atoms with Crippen molar-refractivity contribution in [2.75, 3.05) is 6.54 Å². The van der Waals surface area contributed by atoms with E-state index >= 15 is 0 Å². The lowest BCUT2D eigenvalue weighted by Gasteiger charge is -2.31. The van der Waals surface area contributed by atoms with Crippen LogP contribution in [0.15, 0.2) is 48.5 Å². The number of halogens is 1. The van der Waals surface area contributed by atoms with Gasteiger partial charge in [-0.15, -0.1) is 0 Å². The molecular weight excluding hydrogens is 384 g/mol. The summed E-state index contributed by atoms with van der Waals surface area (Å²) < 4.78 is 0. The van der Waals surface area contributed by atoms with Crippen LogP contribution in [0.1, 0.15) is 43.9 Å². The standard InChI is InChI=1S/C24H31ClN2O2/c1-5-22(24(29)26-15-17(2)3)27(16-19-12-10-18(4)11-13-19)23(28)14-20-8-6-7-9-21(20)25/h6-13,17,22H,5,14-16H2,1-4H3,(H,26,29).